The summed E-state index contributed by atoms with van der Waals surface area (Å²) in [5.74, 6) is 0.164. The van der Waals surface area contributed by atoms with Gasteiger partial charge in [-0.15, -0.1) is 11.3 Å². The van der Waals surface area contributed by atoms with E-state index in [1.54, 1.807) is 11.3 Å². The molecule has 112 valence electrons. The van der Waals surface area contributed by atoms with Gasteiger partial charge in [0.15, 0.2) is 0 Å². The second-order valence-electron chi connectivity index (χ2n) is 5.80. The van der Waals surface area contributed by atoms with Gasteiger partial charge in [-0.25, -0.2) is 0 Å². The standard InChI is InChI=1S/C16H26N2OS/c1-2-13-7-10-20-14(13)11-18-15(19)16(12-17)8-5-3-4-6-9-16/h7,10H,2-6,8-9,11-12,17H2,1H3,(H,18,19). The summed E-state index contributed by atoms with van der Waals surface area (Å²) in [5, 5.41) is 5.24. The van der Waals surface area contributed by atoms with Crippen molar-refractivity contribution >= 4 is 17.2 Å². The third-order valence-electron chi connectivity index (χ3n) is 4.56. The van der Waals surface area contributed by atoms with Crippen molar-refractivity contribution in [3.05, 3.63) is 21.9 Å². The second kappa shape index (κ2) is 7.23. The molecule has 0 spiro atoms. The van der Waals surface area contributed by atoms with E-state index in [0.717, 1.165) is 32.1 Å². The lowest BCUT2D eigenvalue weighted by Crippen LogP contribution is -2.45. The normalized spacial score (nSPS) is 18.5. The van der Waals surface area contributed by atoms with Gasteiger partial charge in [-0.1, -0.05) is 32.6 Å². The minimum absolute atomic E-state index is 0.164. The van der Waals surface area contributed by atoms with Crippen LogP contribution < -0.4 is 11.1 Å². The lowest BCUT2D eigenvalue weighted by atomic mass is 9.79. The molecule has 3 N–H and O–H groups in total. The van der Waals surface area contributed by atoms with Crippen molar-refractivity contribution in [3.63, 3.8) is 0 Å². The van der Waals surface area contributed by atoms with Crippen LogP contribution in [0, 0.1) is 5.41 Å². The first kappa shape index (κ1) is 15.5. The van der Waals surface area contributed by atoms with Crippen LogP contribution in [-0.4, -0.2) is 12.5 Å². The largest absolute Gasteiger partial charge is 0.351 e. The Labute approximate surface area is 125 Å². The minimum atomic E-state index is -0.319. The second-order valence-corrected chi connectivity index (χ2v) is 6.80. The lowest BCUT2D eigenvalue weighted by Gasteiger charge is -2.29. The average Bonchev–Trinajstić information content (AvgIpc) is 2.79. The third-order valence-corrected chi connectivity index (χ3v) is 5.52. The number of hydrogen-bond donors (Lipinski definition) is 2. The molecule has 0 aliphatic heterocycles. The van der Waals surface area contributed by atoms with Crippen molar-refractivity contribution in [2.75, 3.05) is 6.54 Å². The highest BCUT2D eigenvalue weighted by atomic mass is 32.1. The van der Waals surface area contributed by atoms with Crippen LogP contribution in [0.2, 0.25) is 0 Å². The van der Waals surface area contributed by atoms with E-state index in [-0.39, 0.29) is 11.3 Å². The molecule has 4 heteroatoms. The molecule has 1 aliphatic carbocycles. The summed E-state index contributed by atoms with van der Waals surface area (Å²) in [6, 6.07) is 2.15. The Morgan fingerprint density at radius 2 is 2.05 bits per heavy atom. The van der Waals surface area contributed by atoms with Crippen LogP contribution >= 0.6 is 11.3 Å². The number of carbonyl (C=O) groups is 1. The number of hydrogen-bond acceptors (Lipinski definition) is 3. The molecule has 0 radical (unpaired) electrons. The van der Waals surface area contributed by atoms with Gasteiger partial charge >= 0.3 is 0 Å². The van der Waals surface area contributed by atoms with Crippen LogP contribution in [-0.2, 0) is 17.8 Å². The van der Waals surface area contributed by atoms with Crippen LogP contribution in [0.1, 0.15) is 55.9 Å². The Bertz CT molecular complexity index is 433. The van der Waals surface area contributed by atoms with Crippen LogP contribution in [0.5, 0.6) is 0 Å². The zero-order chi connectivity index (χ0) is 14.4. The molecule has 0 bridgehead atoms. The molecule has 1 aromatic heterocycles. The molecule has 1 heterocycles. The molecule has 0 saturated heterocycles. The van der Waals surface area contributed by atoms with Gasteiger partial charge in [-0.2, -0.15) is 0 Å². The number of aryl methyl sites for hydroxylation is 1. The summed E-state index contributed by atoms with van der Waals surface area (Å²) in [4.78, 5) is 13.9. The topological polar surface area (TPSA) is 55.1 Å². The number of thiophene rings is 1. The van der Waals surface area contributed by atoms with Gasteiger partial charge in [0.1, 0.15) is 0 Å². The summed E-state index contributed by atoms with van der Waals surface area (Å²) in [6.45, 7) is 3.28. The highest BCUT2D eigenvalue weighted by Gasteiger charge is 2.36. The summed E-state index contributed by atoms with van der Waals surface area (Å²) in [6.07, 6.45) is 7.64. The van der Waals surface area contributed by atoms with Gasteiger partial charge in [-0.05, 0) is 36.3 Å². The fraction of sp³-hybridized carbons (Fsp3) is 0.688. The van der Waals surface area contributed by atoms with Crippen molar-refractivity contribution in [1.29, 1.82) is 0 Å². The molecule has 1 fully saturated rings. The number of nitrogens with one attached hydrogen (secondary N) is 1. The maximum atomic E-state index is 12.6. The highest BCUT2D eigenvalue weighted by molar-refractivity contribution is 7.10. The van der Waals surface area contributed by atoms with Crippen LogP contribution in [0.3, 0.4) is 0 Å². The molecule has 1 amide bonds. The average molecular weight is 294 g/mol. The summed E-state index contributed by atoms with van der Waals surface area (Å²) >= 11 is 1.73. The number of rotatable bonds is 5. The molecular formula is C16H26N2OS. The van der Waals surface area contributed by atoms with E-state index in [4.69, 9.17) is 5.73 Å². The van der Waals surface area contributed by atoms with Gasteiger partial charge in [0, 0.05) is 11.4 Å². The van der Waals surface area contributed by atoms with Gasteiger partial charge < -0.3 is 11.1 Å². The molecular weight excluding hydrogens is 268 g/mol. The molecule has 20 heavy (non-hydrogen) atoms. The SMILES string of the molecule is CCc1ccsc1CNC(=O)C1(CN)CCCCCC1. The van der Waals surface area contributed by atoms with E-state index >= 15 is 0 Å². The van der Waals surface area contributed by atoms with Crippen LogP contribution in [0.25, 0.3) is 0 Å². The van der Waals surface area contributed by atoms with Gasteiger partial charge in [0.05, 0.1) is 12.0 Å². The van der Waals surface area contributed by atoms with Gasteiger partial charge in [0.25, 0.3) is 0 Å². The molecule has 0 aromatic carbocycles. The Hall–Kier alpha value is -0.870. The van der Waals surface area contributed by atoms with Crippen molar-refractivity contribution in [1.82, 2.24) is 5.32 Å². The Balaban J connectivity index is 1.98. The predicted molar refractivity (Wildman–Crippen MR) is 84.7 cm³/mol. The van der Waals surface area contributed by atoms with Crippen LogP contribution in [0.15, 0.2) is 11.4 Å². The first-order valence-corrected chi connectivity index (χ1v) is 8.63. The maximum absolute atomic E-state index is 12.6. The zero-order valence-electron chi connectivity index (χ0n) is 12.4. The number of amides is 1. The van der Waals surface area contributed by atoms with Gasteiger partial charge in [-0.3, -0.25) is 4.79 Å². The van der Waals surface area contributed by atoms with Crippen molar-refractivity contribution in [2.45, 2.75) is 58.4 Å². The molecule has 0 unspecified atom stereocenters. The van der Waals surface area contributed by atoms with E-state index in [1.165, 1.54) is 23.3 Å². The molecule has 1 aliphatic rings. The first-order chi connectivity index (χ1) is 9.72. The van der Waals surface area contributed by atoms with E-state index < -0.39 is 0 Å². The third kappa shape index (κ3) is 3.41. The smallest absolute Gasteiger partial charge is 0.227 e. The van der Waals surface area contributed by atoms with Gasteiger partial charge in [0.2, 0.25) is 5.91 Å². The maximum Gasteiger partial charge on any atom is 0.227 e. The molecule has 0 atom stereocenters. The highest BCUT2D eigenvalue weighted by Crippen LogP contribution is 2.34. The Morgan fingerprint density at radius 3 is 2.65 bits per heavy atom. The van der Waals surface area contributed by atoms with E-state index in [0.29, 0.717) is 13.1 Å². The van der Waals surface area contributed by atoms with Crippen LogP contribution in [0.4, 0.5) is 0 Å². The van der Waals surface area contributed by atoms with Crippen molar-refractivity contribution in [2.24, 2.45) is 11.1 Å². The van der Waals surface area contributed by atoms with E-state index in [2.05, 4.69) is 23.7 Å². The molecule has 2 rings (SSSR count). The van der Waals surface area contributed by atoms with E-state index in [9.17, 15) is 4.79 Å². The summed E-state index contributed by atoms with van der Waals surface area (Å²) in [5.41, 5.74) is 6.98. The predicted octanol–water partition coefficient (Wildman–Crippen LogP) is 3.23. The Kier molecular flexibility index (Phi) is 5.61. The first-order valence-electron chi connectivity index (χ1n) is 7.75. The quantitative estimate of drug-likeness (QED) is 0.819. The monoisotopic (exact) mass is 294 g/mol. The molecule has 1 saturated carbocycles. The fourth-order valence-corrected chi connectivity index (χ4v) is 4.03. The minimum Gasteiger partial charge on any atom is -0.351 e. The summed E-state index contributed by atoms with van der Waals surface area (Å²) in [7, 11) is 0. The van der Waals surface area contributed by atoms with Crippen molar-refractivity contribution in [3.8, 4) is 0 Å². The molecule has 3 nitrogen and oxygen atoms in total. The number of carbonyl (C=O) groups excluding carboxylic acids is 1. The fourth-order valence-electron chi connectivity index (χ4n) is 3.11. The summed E-state index contributed by atoms with van der Waals surface area (Å²) < 4.78 is 0. The van der Waals surface area contributed by atoms with E-state index in [1.807, 2.05) is 0 Å². The molecule has 1 aromatic rings. The Morgan fingerprint density at radius 1 is 1.35 bits per heavy atom. The number of nitrogens with two attached hydrogens (primary N) is 1. The lowest BCUT2D eigenvalue weighted by molar-refractivity contribution is -0.131. The van der Waals surface area contributed by atoms with Crippen molar-refractivity contribution < 1.29 is 4.79 Å². The zero-order valence-corrected chi connectivity index (χ0v) is 13.2.